The van der Waals surface area contributed by atoms with Gasteiger partial charge in [-0.1, -0.05) is 47.1 Å². The zero-order valence-electron chi connectivity index (χ0n) is 12.6. The molecule has 0 amide bonds. The van der Waals surface area contributed by atoms with Crippen LogP contribution in [0.15, 0.2) is 53.0 Å². The molecule has 112 valence electrons. The molecule has 1 atom stereocenters. The van der Waals surface area contributed by atoms with Crippen LogP contribution in [0.1, 0.15) is 37.4 Å². The number of hydrogen-bond acceptors (Lipinski definition) is 2. The van der Waals surface area contributed by atoms with Gasteiger partial charge in [-0.3, -0.25) is 0 Å². The first-order valence-electron chi connectivity index (χ1n) is 7.39. The van der Waals surface area contributed by atoms with Crippen LogP contribution in [0.4, 0.5) is 0 Å². The lowest BCUT2D eigenvalue weighted by molar-refractivity contribution is 0.317. The van der Waals surface area contributed by atoms with E-state index in [9.17, 15) is 0 Å². The zero-order chi connectivity index (χ0) is 15.1. The van der Waals surface area contributed by atoms with E-state index in [2.05, 4.69) is 65.4 Å². The van der Waals surface area contributed by atoms with E-state index in [0.717, 1.165) is 29.8 Å². The fourth-order valence-corrected chi connectivity index (χ4v) is 2.55. The molecule has 2 rings (SSSR count). The predicted octanol–water partition coefficient (Wildman–Crippen LogP) is 5.09. The molecule has 1 N–H and O–H groups in total. The van der Waals surface area contributed by atoms with Crippen molar-refractivity contribution in [2.45, 2.75) is 32.9 Å². The van der Waals surface area contributed by atoms with E-state index in [1.807, 2.05) is 18.2 Å². The van der Waals surface area contributed by atoms with Crippen molar-refractivity contribution in [3.63, 3.8) is 0 Å². The first kappa shape index (κ1) is 16.1. The molecular formula is C18H22BrNO. The second kappa shape index (κ2) is 8.20. The van der Waals surface area contributed by atoms with Gasteiger partial charge in [0.05, 0.1) is 6.61 Å². The van der Waals surface area contributed by atoms with Gasteiger partial charge in [0.1, 0.15) is 5.75 Å². The fraction of sp³-hybridized carbons (Fsp3) is 0.333. The predicted molar refractivity (Wildman–Crippen MR) is 91.6 cm³/mol. The minimum Gasteiger partial charge on any atom is -0.494 e. The Morgan fingerprint density at radius 3 is 2.71 bits per heavy atom. The lowest BCUT2D eigenvalue weighted by atomic mass is 10.1. The molecule has 0 aliphatic carbocycles. The lowest BCUT2D eigenvalue weighted by Gasteiger charge is -2.15. The third kappa shape index (κ3) is 5.18. The summed E-state index contributed by atoms with van der Waals surface area (Å²) in [5.41, 5.74) is 2.52. The van der Waals surface area contributed by atoms with Crippen LogP contribution >= 0.6 is 15.9 Å². The van der Waals surface area contributed by atoms with Crippen LogP contribution in [-0.4, -0.2) is 6.61 Å². The standard InChI is InChI=1S/C18H22BrNO/c1-3-10-21-18-9-4-6-15(11-18)13-20-14(2)16-7-5-8-17(19)12-16/h4-9,11-12,14,20H,3,10,13H2,1-2H3/t14-/m1/s1. The topological polar surface area (TPSA) is 21.3 Å². The van der Waals surface area contributed by atoms with Crippen molar-refractivity contribution < 1.29 is 4.74 Å². The molecule has 0 saturated carbocycles. The van der Waals surface area contributed by atoms with Gasteiger partial charge in [-0.05, 0) is 48.7 Å². The summed E-state index contributed by atoms with van der Waals surface area (Å²) in [6.07, 6.45) is 1.03. The highest BCUT2D eigenvalue weighted by Gasteiger charge is 2.05. The third-order valence-corrected chi connectivity index (χ3v) is 3.83. The van der Waals surface area contributed by atoms with Crippen molar-refractivity contribution in [1.29, 1.82) is 0 Å². The second-order valence-electron chi connectivity index (χ2n) is 5.15. The van der Waals surface area contributed by atoms with Crippen molar-refractivity contribution in [3.8, 4) is 5.75 Å². The summed E-state index contributed by atoms with van der Waals surface area (Å²) in [6, 6.07) is 17.0. The molecule has 0 unspecified atom stereocenters. The van der Waals surface area contributed by atoms with E-state index in [1.165, 1.54) is 11.1 Å². The summed E-state index contributed by atoms with van der Waals surface area (Å²) in [5.74, 6) is 0.950. The Kier molecular flexibility index (Phi) is 6.27. The van der Waals surface area contributed by atoms with Crippen LogP contribution in [0.5, 0.6) is 5.75 Å². The minimum absolute atomic E-state index is 0.308. The summed E-state index contributed by atoms with van der Waals surface area (Å²) in [5, 5.41) is 3.55. The van der Waals surface area contributed by atoms with Crippen LogP contribution in [0.25, 0.3) is 0 Å². The highest BCUT2D eigenvalue weighted by Crippen LogP contribution is 2.19. The van der Waals surface area contributed by atoms with Gasteiger partial charge < -0.3 is 10.1 Å². The van der Waals surface area contributed by atoms with Gasteiger partial charge in [-0.15, -0.1) is 0 Å². The van der Waals surface area contributed by atoms with E-state index in [1.54, 1.807) is 0 Å². The molecule has 3 heteroatoms. The Bertz CT molecular complexity index is 571. The number of halogens is 1. The van der Waals surface area contributed by atoms with Crippen molar-refractivity contribution in [3.05, 3.63) is 64.1 Å². The maximum Gasteiger partial charge on any atom is 0.119 e. The summed E-state index contributed by atoms with van der Waals surface area (Å²) in [7, 11) is 0. The van der Waals surface area contributed by atoms with Crippen LogP contribution < -0.4 is 10.1 Å². The summed E-state index contributed by atoms with van der Waals surface area (Å²) < 4.78 is 6.78. The number of hydrogen-bond donors (Lipinski definition) is 1. The fourth-order valence-electron chi connectivity index (χ4n) is 2.13. The Balaban J connectivity index is 1.93. The molecule has 0 aliphatic rings. The van der Waals surface area contributed by atoms with Crippen molar-refractivity contribution in [2.24, 2.45) is 0 Å². The average molecular weight is 348 g/mol. The molecular weight excluding hydrogens is 326 g/mol. The average Bonchev–Trinajstić information content (AvgIpc) is 2.51. The van der Waals surface area contributed by atoms with E-state index in [0.29, 0.717) is 6.04 Å². The van der Waals surface area contributed by atoms with Gasteiger partial charge in [0.25, 0.3) is 0 Å². The van der Waals surface area contributed by atoms with Crippen LogP contribution in [0.3, 0.4) is 0 Å². The molecule has 0 aromatic heterocycles. The molecule has 2 aromatic rings. The zero-order valence-corrected chi connectivity index (χ0v) is 14.2. The number of nitrogens with one attached hydrogen (secondary N) is 1. The molecule has 0 saturated heterocycles. The van der Waals surface area contributed by atoms with Crippen molar-refractivity contribution in [2.75, 3.05) is 6.61 Å². The third-order valence-electron chi connectivity index (χ3n) is 3.33. The Morgan fingerprint density at radius 1 is 1.14 bits per heavy atom. The highest BCUT2D eigenvalue weighted by molar-refractivity contribution is 9.10. The summed E-state index contributed by atoms with van der Waals surface area (Å²) in [6.45, 7) is 5.90. The molecule has 0 aliphatic heterocycles. The van der Waals surface area contributed by atoms with Gasteiger partial charge in [0, 0.05) is 17.1 Å². The molecule has 0 fully saturated rings. The van der Waals surface area contributed by atoms with E-state index >= 15 is 0 Å². The Morgan fingerprint density at radius 2 is 1.95 bits per heavy atom. The number of benzene rings is 2. The van der Waals surface area contributed by atoms with Crippen LogP contribution in [0.2, 0.25) is 0 Å². The highest BCUT2D eigenvalue weighted by atomic mass is 79.9. The van der Waals surface area contributed by atoms with Gasteiger partial charge in [-0.25, -0.2) is 0 Å². The van der Waals surface area contributed by atoms with Crippen molar-refractivity contribution in [1.82, 2.24) is 5.32 Å². The normalized spacial score (nSPS) is 12.1. The molecule has 0 bridgehead atoms. The van der Waals surface area contributed by atoms with Gasteiger partial charge in [0.15, 0.2) is 0 Å². The van der Waals surface area contributed by atoms with Gasteiger partial charge >= 0.3 is 0 Å². The lowest BCUT2D eigenvalue weighted by Crippen LogP contribution is -2.18. The molecule has 0 spiro atoms. The second-order valence-corrected chi connectivity index (χ2v) is 6.07. The maximum absolute atomic E-state index is 5.67. The van der Waals surface area contributed by atoms with E-state index < -0.39 is 0 Å². The number of ether oxygens (including phenoxy) is 1. The quantitative estimate of drug-likeness (QED) is 0.753. The minimum atomic E-state index is 0.308. The van der Waals surface area contributed by atoms with Crippen molar-refractivity contribution >= 4 is 15.9 Å². The van der Waals surface area contributed by atoms with Gasteiger partial charge in [0.2, 0.25) is 0 Å². The molecule has 2 nitrogen and oxygen atoms in total. The largest absolute Gasteiger partial charge is 0.494 e. The summed E-state index contributed by atoms with van der Waals surface area (Å²) >= 11 is 3.52. The smallest absolute Gasteiger partial charge is 0.119 e. The molecule has 2 aromatic carbocycles. The molecule has 0 radical (unpaired) electrons. The monoisotopic (exact) mass is 347 g/mol. The number of rotatable bonds is 7. The van der Waals surface area contributed by atoms with Crippen LogP contribution in [-0.2, 0) is 6.54 Å². The Labute approximate surface area is 135 Å². The van der Waals surface area contributed by atoms with E-state index in [4.69, 9.17) is 4.74 Å². The van der Waals surface area contributed by atoms with E-state index in [-0.39, 0.29) is 0 Å². The first-order valence-corrected chi connectivity index (χ1v) is 8.19. The SMILES string of the molecule is CCCOc1cccc(CN[C@H](C)c2cccc(Br)c2)c1. The van der Waals surface area contributed by atoms with Crippen LogP contribution in [0, 0.1) is 0 Å². The molecule has 0 heterocycles. The Hall–Kier alpha value is -1.32. The van der Waals surface area contributed by atoms with Gasteiger partial charge in [-0.2, -0.15) is 0 Å². The molecule has 21 heavy (non-hydrogen) atoms. The maximum atomic E-state index is 5.67. The summed E-state index contributed by atoms with van der Waals surface area (Å²) in [4.78, 5) is 0. The first-order chi connectivity index (χ1) is 10.2.